The Kier molecular flexibility index (Phi) is 1.16. The van der Waals surface area contributed by atoms with Crippen LogP contribution in [0, 0.1) is 0 Å². The Morgan fingerprint density at radius 1 is 1.56 bits per heavy atom. The van der Waals surface area contributed by atoms with Crippen LogP contribution in [0.4, 0.5) is 0 Å². The minimum atomic E-state index is 0.652. The quantitative estimate of drug-likeness (QED) is 0.546. The van der Waals surface area contributed by atoms with Gasteiger partial charge in [-0.1, -0.05) is 0 Å². The third-order valence-corrected chi connectivity index (χ3v) is 2.15. The molecule has 1 aromatic heterocycles. The highest BCUT2D eigenvalue weighted by Crippen LogP contribution is 2.44. The van der Waals surface area contributed by atoms with Gasteiger partial charge in [0.2, 0.25) is 0 Å². The molecule has 1 aromatic rings. The second kappa shape index (κ2) is 1.99. The highest BCUT2D eigenvalue weighted by molar-refractivity contribution is 8.06. The molecule has 1 fully saturated rings. The zero-order valence-electron chi connectivity index (χ0n) is 4.82. The Labute approximate surface area is 57.7 Å². The van der Waals surface area contributed by atoms with E-state index in [1.165, 1.54) is 5.75 Å². The largest absolute Gasteiger partial charge is 0.261 e. The highest BCUT2D eigenvalue weighted by Gasteiger charge is 2.25. The van der Waals surface area contributed by atoms with Crippen LogP contribution < -0.4 is 0 Å². The van der Waals surface area contributed by atoms with Crippen molar-refractivity contribution in [2.24, 2.45) is 0 Å². The van der Waals surface area contributed by atoms with Crippen LogP contribution >= 0.6 is 11.8 Å². The summed E-state index contributed by atoms with van der Waals surface area (Å²) in [6, 6.07) is 0. The van der Waals surface area contributed by atoms with E-state index >= 15 is 0 Å². The van der Waals surface area contributed by atoms with E-state index in [0.717, 1.165) is 5.69 Å². The van der Waals surface area contributed by atoms with Gasteiger partial charge in [-0.3, -0.25) is 9.97 Å². The Bertz CT molecular complexity index is 195. The monoisotopic (exact) mass is 138 g/mol. The fourth-order valence-corrected chi connectivity index (χ4v) is 1.26. The van der Waals surface area contributed by atoms with Crippen LogP contribution in [0.25, 0.3) is 0 Å². The van der Waals surface area contributed by atoms with Crippen molar-refractivity contribution in [2.75, 3.05) is 5.75 Å². The van der Waals surface area contributed by atoms with Crippen LogP contribution in [0.3, 0.4) is 0 Å². The third kappa shape index (κ3) is 1.05. The first-order chi connectivity index (χ1) is 4.47. The summed E-state index contributed by atoms with van der Waals surface area (Å²) in [5.74, 6) is 1.22. The lowest BCUT2D eigenvalue weighted by Gasteiger charge is -1.89. The second-order valence-corrected chi connectivity index (χ2v) is 3.19. The Morgan fingerprint density at radius 3 is 3.00 bits per heavy atom. The molecular weight excluding hydrogens is 132 g/mol. The SMILES string of the molecule is c1cnc(C2CS2)cn1. The average Bonchev–Trinajstić information content (AvgIpc) is 2.71. The number of hydrogen-bond donors (Lipinski definition) is 0. The average molecular weight is 138 g/mol. The van der Waals surface area contributed by atoms with Crippen molar-refractivity contribution in [1.29, 1.82) is 0 Å². The van der Waals surface area contributed by atoms with Crippen LogP contribution in [0.15, 0.2) is 18.6 Å². The number of rotatable bonds is 1. The molecule has 0 saturated carbocycles. The summed E-state index contributed by atoms with van der Waals surface area (Å²) in [5, 5.41) is 0.652. The van der Waals surface area contributed by atoms with Gasteiger partial charge in [0.25, 0.3) is 0 Å². The Morgan fingerprint density at radius 2 is 2.44 bits per heavy atom. The van der Waals surface area contributed by atoms with Crippen molar-refractivity contribution in [3.8, 4) is 0 Å². The van der Waals surface area contributed by atoms with Gasteiger partial charge in [-0.2, -0.15) is 0 Å². The normalized spacial score (nSPS) is 23.8. The molecule has 1 saturated heterocycles. The first-order valence-corrected chi connectivity index (χ1v) is 3.89. The molecule has 0 radical (unpaired) electrons. The molecule has 2 rings (SSSR count). The number of hydrogen-bond acceptors (Lipinski definition) is 3. The van der Waals surface area contributed by atoms with Gasteiger partial charge >= 0.3 is 0 Å². The van der Waals surface area contributed by atoms with E-state index in [1.54, 1.807) is 12.4 Å². The standard InChI is InChI=1S/C6H6N2S/c1-2-8-5(3-7-1)6-4-9-6/h1-3,6H,4H2. The minimum Gasteiger partial charge on any atom is -0.261 e. The van der Waals surface area contributed by atoms with Crippen LogP contribution in [-0.2, 0) is 0 Å². The smallest absolute Gasteiger partial charge is 0.0724 e. The van der Waals surface area contributed by atoms with Gasteiger partial charge < -0.3 is 0 Å². The molecule has 1 aliphatic heterocycles. The molecule has 2 heterocycles. The van der Waals surface area contributed by atoms with Gasteiger partial charge in [0.05, 0.1) is 10.9 Å². The number of nitrogens with zero attached hydrogens (tertiary/aromatic N) is 2. The Hall–Kier alpha value is -0.570. The van der Waals surface area contributed by atoms with E-state index in [4.69, 9.17) is 0 Å². The summed E-state index contributed by atoms with van der Waals surface area (Å²) in [5.41, 5.74) is 1.13. The van der Waals surface area contributed by atoms with Gasteiger partial charge in [-0.25, -0.2) is 0 Å². The van der Waals surface area contributed by atoms with Crippen molar-refractivity contribution in [3.63, 3.8) is 0 Å². The lowest BCUT2D eigenvalue weighted by molar-refractivity contribution is 1.04. The highest BCUT2D eigenvalue weighted by atomic mass is 32.2. The van der Waals surface area contributed by atoms with Crippen LogP contribution in [0.5, 0.6) is 0 Å². The number of thioether (sulfide) groups is 1. The van der Waals surface area contributed by atoms with Crippen molar-refractivity contribution in [1.82, 2.24) is 9.97 Å². The molecule has 3 heteroatoms. The van der Waals surface area contributed by atoms with E-state index in [1.807, 2.05) is 18.0 Å². The molecule has 0 N–H and O–H groups in total. The summed E-state index contributed by atoms with van der Waals surface area (Å²) >= 11 is 1.92. The fourth-order valence-electron chi connectivity index (χ4n) is 0.696. The Balaban J connectivity index is 2.29. The maximum Gasteiger partial charge on any atom is 0.0724 e. The fraction of sp³-hybridized carbons (Fsp3) is 0.333. The van der Waals surface area contributed by atoms with E-state index in [9.17, 15) is 0 Å². The molecule has 0 spiro atoms. The lowest BCUT2D eigenvalue weighted by Crippen LogP contribution is -1.84. The topological polar surface area (TPSA) is 25.8 Å². The zero-order valence-corrected chi connectivity index (χ0v) is 5.64. The molecule has 0 aliphatic carbocycles. The van der Waals surface area contributed by atoms with E-state index < -0.39 is 0 Å². The molecule has 0 aromatic carbocycles. The maximum absolute atomic E-state index is 4.16. The molecule has 1 atom stereocenters. The molecule has 0 bridgehead atoms. The predicted octanol–water partition coefficient (Wildman–Crippen LogP) is 1.26. The van der Waals surface area contributed by atoms with Crippen LogP contribution in [-0.4, -0.2) is 15.7 Å². The summed E-state index contributed by atoms with van der Waals surface area (Å²) in [6.45, 7) is 0. The van der Waals surface area contributed by atoms with E-state index in [-0.39, 0.29) is 0 Å². The summed E-state index contributed by atoms with van der Waals surface area (Å²) in [4.78, 5) is 8.13. The summed E-state index contributed by atoms with van der Waals surface area (Å²) in [7, 11) is 0. The lowest BCUT2D eigenvalue weighted by atomic mass is 10.4. The summed E-state index contributed by atoms with van der Waals surface area (Å²) in [6.07, 6.45) is 5.29. The van der Waals surface area contributed by atoms with Gasteiger partial charge in [-0.15, -0.1) is 11.8 Å². The first-order valence-electron chi connectivity index (χ1n) is 2.84. The van der Waals surface area contributed by atoms with Crippen molar-refractivity contribution < 1.29 is 0 Å². The third-order valence-electron chi connectivity index (χ3n) is 1.25. The van der Waals surface area contributed by atoms with Gasteiger partial charge in [0.15, 0.2) is 0 Å². The maximum atomic E-state index is 4.16. The van der Waals surface area contributed by atoms with E-state index in [2.05, 4.69) is 9.97 Å². The number of aromatic nitrogens is 2. The van der Waals surface area contributed by atoms with Crippen molar-refractivity contribution in [2.45, 2.75) is 5.25 Å². The van der Waals surface area contributed by atoms with Gasteiger partial charge in [0, 0.05) is 24.3 Å². The van der Waals surface area contributed by atoms with Gasteiger partial charge in [-0.05, 0) is 0 Å². The second-order valence-electron chi connectivity index (χ2n) is 1.95. The zero-order chi connectivity index (χ0) is 6.10. The molecule has 1 aliphatic rings. The van der Waals surface area contributed by atoms with Crippen molar-refractivity contribution in [3.05, 3.63) is 24.3 Å². The van der Waals surface area contributed by atoms with Gasteiger partial charge in [0.1, 0.15) is 0 Å². The van der Waals surface area contributed by atoms with Crippen LogP contribution in [0.1, 0.15) is 10.9 Å². The predicted molar refractivity (Wildman–Crippen MR) is 37.2 cm³/mol. The molecule has 0 amide bonds. The molecule has 1 unspecified atom stereocenters. The van der Waals surface area contributed by atoms with Crippen molar-refractivity contribution >= 4 is 11.8 Å². The van der Waals surface area contributed by atoms with E-state index in [0.29, 0.717) is 5.25 Å². The first kappa shape index (κ1) is 5.23. The van der Waals surface area contributed by atoms with Crippen LogP contribution in [0.2, 0.25) is 0 Å². The minimum absolute atomic E-state index is 0.652. The molecule has 46 valence electrons. The summed E-state index contributed by atoms with van der Waals surface area (Å²) < 4.78 is 0. The molecule has 9 heavy (non-hydrogen) atoms. The molecule has 2 nitrogen and oxygen atoms in total. The molecular formula is C6H6N2S.